The largest absolute Gasteiger partial charge is 0.298 e. The average Bonchev–Trinajstić information content (AvgIpc) is 3.58. The summed E-state index contributed by atoms with van der Waals surface area (Å²) >= 11 is 0. The van der Waals surface area contributed by atoms with Crippen molar-refractivity contribution in [2.24, 2.45) is 0 Å². The molecule has 0 amide bonds. The minimum absolute atomic E-state index is 0.741. The van der Waals surface area contributed by atoms with Crippen molar-refractivity contribution in [1.29, 1.82) is 0 Å². The Labute approximate surface area is 351 Å². The summed E-state index contributed by atoms with van der Waals surface area (Å²) in [7, 11) is 0. The van der Waals surface area contributed by atoms with Crippen molar-refractivity contribution in [3.05, 3.63) is 246 Å². The number of hydrogen-bond donors (Lipinski definition) is 0. The number of aromatic nitrogens is 2. The van der Waals surface area contributed by atoms with Crippen LogP contribution in [0.2, 0.25) is 0 Å². The van der Waals surface area contributed by atoms with Crippen molar-refractivity contribution < 1.29 is 0 Å². The van der Waals surface area contributed by atoms with Gasteiger partial charge in [-0.25, -0.2) is 4.98 Å². The molecule has 1 aliphatic rings. The molecular weight excluding hydrogens is 725 g/mol. The fraction of sp³-hybridized carbons (Fsp3) is 0.0517. The number of imidazole rings is 1. The molecule has 0 spiro atoms. The molecule has 2 nitrogen and oxygen atoms in total. The summed E-state index contributed by atoms with van der Waals surface area (Å²) < 4.78 is 2.33. The third-order valence-electron chi connectivity index (χ3n) is 12.1. The average molecular weight is 769 g/mol. The van der Waals surface area contributed by atoms with Gasteiger partial charge >= 0.3 is 0 Å². The SMILES string of the molecule is C=C/C=C(\C=C/C)C1=C(C=C)C(C=C)=C(c2ccc3nc4c(-c5ccc6ccccc6c5)c5ccccc5c(-c5ccc6ccc(C)cc6c5)c4n3c2)c2ccccc2C1. The smallest absolute Gasteiger partial charge is 0.137 e. The van der Waals surface area contributed by atoms with Gasteiger partial charge in [-0.3, -0.25) is 4.40 Å². The number of aryl methyl sites for hydroxylation is 1. The van der Waals surface area contributed by atoms with E-state index < -0.39 is 0 Å². The first-order chi connectivity index (χ1) is 29.5. The predicted molar refractivity (Wildman–Crippen MR) is 258 cm³/mol. The second-order valence-electron chi connectivity index (χ2n) is 15.7. The van der Waals surface area contributed by atoms with Crippen LogP contribution in [-0.4, -0.2) is 9.38 Å². The molecule has 0 atom stereocenters. The van der Waals surface area contributed by atoms with Crippen LogP contribution in [0.5, 0.6) is 0 Å². The highest BCUT2D eigenvalue weighted by Gasteiger charge is 2.26. The number of fused-ring (bicyclic) bond motifs is 7. The van der Waals surface area contributed by atoms with Crippen molar-refractivity contribution in [3.63, 3.8) is 0 Å². The van der Waals surface area contributed by atoms with E-state index in [2.05, 4.69) is 202 Å². The summed E-state index contributed by atoms with van der Waals surface area (Å²) in [5, 5.41) is 7.22. The van der Waals surface area contributed by atoms with Crippen LogP contribution in [0.4, 0.5) is 0 Å². The second kappa shape index (κ2) is 15.0. The van der Waals surface area contributed by atoms with E-state index in [1.807, 2.05) is 18.2 Å². The van der Waals surface area contributed by atoms with Gasteiger partial charge in [-0.1, -0.05) is 177 Å². The standard InChI is InChI=1S/C58H44N2/c1-6-16-40(17-7-2)52-35-42-20-12-13-21-49(42)54(48(9-4)47(52)8-3)45-30-31-53-59-57-55(43-28-26-38-18-10-11-19-41(38)33-43)50-22-14-15-23-51(50)56(58(57)60(53)36-45)44-29-27-39-25-24-37(5)32-46(39)34-44/h6-34,36H,1,3-4,35H2,2,5H3/b17-7-,40-16+. The zero-order valence-corrected chi connectivity index (χ0v) is 34.0. The summed E-state index contributed by atoms with van der Waals surface area (Å²) in [6, 6.07) is 51.0. The van der Waals surface area contributed by atoms with Crippen LogP contribution < -0.4 is 0 Å². The lowest BCUT2D eigenvalue weighted by Gasteiger charge is -2.17. The zero-order chi connectivity index (χ0) is 40.9. The molecule has 286 valence electrons. The van der Waals surface area contributed by atoms with Gasteiger partial charge in [-0.05, 0) is 133 Å². The molecule has 0 unspecified atom stereocenters. The minimum Gasteiger partial charge on any atom is -0.298 e. The van der Waals surface area contributed by atoms with Crippen molar-refractivity contribution in [2.75, 3.05) is 0 Å². The molecular formula is C58H44N2. The summed E-state index contributed by atoms with van der Waals surface area (Å²) in [6.45, 7) is 17.1. The molecule has 0 saturated heterocycles. The van der Waals surface area contributed by atoms with E-state index in [4.69, 9.17) is 4.98 Å². The maximum atomic E-state index is 5.56. The van der Waals surface area contributed by atoms with Crippen molar-refractivity contribution in [3.8, 4) is 22.3 Å². The van der Waals surface area contributed by atoms with Gasteiger partial charge in [-0.2, -0.15) is 0 Å². The Kier molecular flexibility index (Phi) is 9.19. The van der Waals surface area contributed by atoms with Gasteiger partial charge in [0.25, 0.3) is 0 Å². The molecule has 1 aliphatic carbocycles. The normalized spacial score (nSPS) is 13.5. The summed E-state index contributed by atoms with van der Waals surface area (Å²) in [5.41, 5.74) is 17.8. The maximum Gasteiger partial charge on any atom is 0.137 e. The lowest BCUT2D eigenvalue weighted by molar-refractivity contribution is 1.15. The summed E-state index contributed by atoms with van der Waals surface area (Å²) in [5.74, 6) is 0. The molecule has 9 aromatic rings. The molecule has 0 saturated carbocycles. The lowest BCUT2D eigenvalue weighted by atomic mass is 9.88. The Hall–Kier alpha value is -7.55. The second-order valence-corrected chi connectivity index (χ2v) is 15.7. The van der Waals surface area contributed by atoms with Gasteiger partial charge in [0.15, 0.2) is 0 Å². The predicted octanol–water partition coefficient (Wildman–Crippen LogP) is 15.3. The molecule has 60 heavy (non-hydrogen) atoms. The Morgan fingerprint density at radius 1 is 0.633 bits per heavy atom. The van der Waals surface area contributed by atoms with Crippen LogP contribution in [0.15, 0.2) is 224 Å². The summed E-state index contributed by atoms with van der Waals surface area (Å²) in [6.07, 6.45) is 15.2. The molecule has 0 N–H and O–H groups in total. The van der Waals surface area contributed by atoms with E-state index >= 15 is 0 Å². The first-order valence-corrected chi connectivity index (χ1v) is 20.6. The van der Waals surface area contributed by atoms with E-state index in [1.54, 1.807) is 0 Å². The maximum absolute atomic E-state index is 5.56. The fourth-order valence-corrected chi connectivity index (χ4v) is 9.45. The number of pyridine rings is 1. The number of allylic oxidation sites excluding steroid dienone is 10. The van der Waals surface area contributed by atoms with Crippen LogP contribution in [0.3, 0.4) is 0 Å². The molecule has 2 heterocycles. The van der Waals surface area contributed by atoms with Crippen molar-refractivity contribution >= 4 is 54.6 Å². The summed E-state index contributed by atoms with van der Waals surface area (Å²) in [4.78, 5) is 5.56. The fourth-order valence-electron chi connectivity index (χ4n) is 9.45. The monoisotopic (exact) mass is 768 g/mol. The zero-order valence-electron chi connectivity index (χ0n) is 34.0. The van der Waals surface area contributed by atoms with Crippen LogP contribution in [0, 0.1) is 6.92 Å². The van der Waals surface area contributed by atoms with Crippen LogP contribution in [0.25, 0.3) is 76.8 Å². The van der Waals surface area contributed by atoms with E-state index in [9.17, 15) is 0 Å². The first-order valence-electron chi connectivity index (χ1n) is 20.6. The molecule has 2 aromatic heterocycles. The number of benzene rings is 7. The highest BCUT2D eigenvalue weighted by atomic mass is 15.0. The van der Waals surface area contributed by atoms with Crippen molar-refractivity contribution in [1.82, 2.24) is 9.38 Å². The van der Waals surface area contributed by atoms with Gasteiger partial charge in [0, 0.05) is 17.3 Å². The molecule has 7 aromatic carbocycles. The molecule has 10 rings (SSSR count). The van der Waals surface area contributed by atoms with Gasteiger partial charge in [0.05, 0.1) is 11.0 Å². The molecule has 0 aliphatic heterocycles. The Bertz CT molecular complexity index is 3410. The Morgan fingerprint density at radius 2 is 1.28 bits per heavy atom. The quantitative estimate of drug-likeness (QED) is 0.141. The topological polar surface area (TPSA) is 17.3 Å². The highest BCUT2D eigenvalue weighted by Crippen LogP contribution is 2.46. The lowest BCUT2D eigenvalue weighted by Crippen LogP contribution is -1.99. The van der Waals surface area contributed by atoms with Crippen LogP contribution >= 0.6 is 0 Å². The number of rotatable bonds is 8. The van der Waals surface area contributed by atoms with Crippen LogP contribution in [0.1, 0.15) is 29.2 Å². The molecule has 0 radical (unpaired) electrons. The third-order valence-corrected chi connectivity index (χ3v) is 12.1. The molecule has 2 heteroatoms. The third kappa shape index (κ3) is 6.00. The van der Waals surface area contributed by atoms with Crippen molar-refractivity contribution in [2.45, 2.75) is 20.3 Å². The van der Waals surface area contributed by atoms with Gasteiger partial charge in [0.2, 0.25) is 0 Å². The molecule has 0 bridgehead atoms. The van der Waals surface area contributed by atoms with Crippen LogP contribution in [-0.2, 0) is 6.42 Å². The van der Waals surface area contributed by atoms with Gasteiger partial charge < -0.3 is 0 Å². The van der Waals surface area contributed by atoms with Gasteiger partial charge in [-0.15, -0.1) is 0 Å². The van der Waals surface area contributed by atoms with E-state index in [0.717, 1.165) is 73.2 Å². The highest BCUT2D eigenvalue weighted by molar-refractivity contribution is 6.21. The first kappa shape index (κ1) is 36.8. The number of hydrogen-bond acceptors (Lipinski definition) is 1. The Balaban J connectivity index is 1.34. The number of nitrogens with zero attached hydrogens (tertiary/aromatic N) is 2. The van der Waals surface area contributed by atoms with E-state index in [-0.39, 0.29) is 0 Å². The Morgan fingerprint density at radius 3 is 2.05 bits per heavy atom. The van der Waals surface area contributed by atoms with E-state index in [1.165, 1.54) is 54.6 Å². The molecule has 0 fully saturated rings. The minimum atomic E-state index is 0.741. The van der Waals surface area contributed by atoms with Gasteiger partial charge in [0.1, 0.15) is 5.65 Å². The van der Waals surface area contributed by atoms with E-state index in [0.29, 0.717) is 0 Å².